The Bertz CT molecular complexity index is 429. The van der Waals surface area contributed by atoms with Crippen LogP contribution in [0.3, 0.4) is 0 Å². The molecular weight excluding hydrogens is 270 g/mol. The van der Waals surface area contributed by atoms with Gasteiger partial charge in [0.25, 0.3) is 6.43 Å². The van der Waals surface area contributed by atoms with Crippen molar-refractivity contribution >= 4 is 22.2 Å². The number of pyridine rings is 1. The first kappa shape index (κ1) is 11.7. The van der Waals surface area contributed by atoms with Crippen LogP contribution in [0.25, 0.3) is 0 Å². The Balaban J connectivity index is 3.42. The second-order valence-electron chi connectivity index (χ2n) is 2.63. The second kappa shape index (κ2) is 4.94. The molecule has 0 amide bonds. The lowest BCUT2D eigenvalue weighted by molar-refractivity contribution is 0.110. The number of hydrogen-bond donors (Lipinski definition) is 0. The fourth-order valence-corrected chi connectivity index (χ4v) is 1.48. The van der Waals surface area contributed by atoms with Crippen molar-refractivity contribution in [1.29, 1.82) is 5.26 Å². The first-order valence-electron chi connectivity index (χ1n) is 3.87. The SMILES string of the molecule is N#Cc1nc(C(F)F)c(C=O)cc1CBr. The first-order valence-corrected chi connectivity index (χ1v) is 4.99. The number of carbonyl (C=O) groups is 1. The monoisotopic (exact) mass is 274 g/mol. The van der Waals surface area contributed by atoms with Crippen LogP contribution >= 0.6 is 15.9 Å². The van der Waals surface area contributed by atoms with E-state index >= 15 is 0 Å². The van der Waals surface area contributed by atoms with Gasteiger partial charge in [-0.3, -0.25) is 4.79 Å². The third kappa shape index (κ3) is 2.36. The Labute approximate surface area is 92.9 Å². The molecule has 3 nitrogen and oxygen atoms in total. The van der Waals surface area contributed by atoms with E-state index in [2.05, 4.69) is 20.9 Å². The Morgan fingerprint density at radius 1 is 1.67 bits per heavy atom. The summed E-state index contributed by atoms with van der Waals surface area (Å²) in [6.45, 7) is 0. The average Bonchev–Trinajstić information content (AvgIpc) is 2.26. The number of nitrogens with zero attached hydrogens (tertiary/aromatic N) is 2. The first-order chi connectivity index (χ1) is 7.13. The number of nitriles is 1. The van der Waals surface area contributed by atoms with Crippen molar-refractivity contribution in [2.24, 2.45) is 0 Å². The fourth-order valence-electron chi connectivity index (χ4n) is 1.05. The summed E-state index contributed by atoms with van der Waals surface area (Å²) in [7, 11) is 0. The molecule has 0 fully saturated rings. The van der Waals surface area contributed by atoms with E-state index in [4.69, 9.17) is 5.26 Å². The zero-order valence-corrected chi connectivity index (χ0v) is 8.96. The molecule has 0 saturated carbocycles. The largest absolute Gasteiger partial charge is 0.298 e. The summed E-state index contributed by atoms with van der Waals surface area (Å²) in [4.78, 5) is 14.0. The standard InChI is InChI=1S/C9H5BrF2N2O/c10-2-5-1-6(4-15)8(9(11)12)14-7(5)3-13/h1,4,9H,2H2. The maximum Gasteiger partial charge on any atom is 0.281 e. The van der Waals surface area contributed by atoms with Crippen molar-refractivity contribution in [3.63, 3.8) is 0 Å². The number of carbonyl (C=O) groups excluding carboxylic acids is 1. The van der Waals surface area contributed by atoms with E-state index in [0.29, 0.717) is 11.8 Å². The van der Waals surface area contributed by atoms with E-state index in [1.54, 1.807) is 6.07 Å². The Hall–Kier alpha value is -1.35. The molecule has 0 aliphatic heterocycles. The molecule has 0 unspecified atom stereocenters. The molecule has 0 N–H and O–H groups in total. The van der Waals surface area contributed by atoms with Gasteiger partial charge in [-0.1, -0.05) is 15.9 Å². The van der Waals surface area contributed by atoms with Crippen LogP contribution in [0.5, 0.6) is 0 Å². The van der Waals surface area contributed by atoms with Crippen LogP contribution in [0.2, 0.25) is 0 Å². The van der Waals surface area contributed by atoms with Gasteiger partial charge in [0.2, 0.25) is 0 Å². The maximum atomic E-state index is 12.4. The Morgan fingerprint density at radius 3 is 2.73 bits per heavy atom. The van der Waals surface area contributed by atoms with Crippen LogP contribution in [0.15, 0.2) is 6.07 Å². The molecule has 15 heavy (non-hydrogen) atoms. The maximum absolute atomic E-state index is 12.4. The summed E-state index contributed by atoms with van der Waals surface area (Å²) < 4.78 is 24.8. The van der Waals surface area contributed by atoms with E-state index in [9.17, 15) is 13.6 Å². The predicted molar refractivity (Wildman–Crippen MR) is 51.9 cm³/mol. The zero-order chi connectivity index (χ0) is 11.4. The van der Waals surface area contributed by atoms with Crippen LogP contribution in [0.4, 0.5) is 8.78 Å². The van der Waals surface area contributed by atoms with Gasteiger partial charge in [0, 0.05) is 10.9 Å². The third-order valence-corrected chi connectivity index (χ3v) is 2.35. The highest BCUT2D eigenvalue weighted by atomic mass is 79.9. The second-order valence-corrected chi connectivity index (χ2v) is 3.20. The van der Waals surface area contributed by atoms with E-state index in [-0.39, 0.29) is 16.6 Å². The van der Waals surface area contributed by atoms with Gasteiger partial charge >= 0.3 is 0 Å². The summed E-state index contributed by atoms with van der Waals surface area (Å²) in [5.41, 5.74) is -0.499. The van der Waals surface area contributed by atoms with E-state index in [0.717, 1.165) is 0 Å². The normalized spacial score (nSPS) is 10.1. The number of rotatable bonds is 3. The van der Waals surface area contributed by atoms with Crippen molar-refractivity contribution in [1.82, 2.24) is 4.98 Å². The molecule has 0 spiro atoms. The molecule has 0 aliphatic rings. The molecule has 0 aliphatic carbocycles. The molecule has 1 heterocycles. The molecule has 0 radical (unpaired) electrons. The molecule has 0 bridgehead atoms. The molecule has 1 aromatic rings. The van der Waals surface area contributed by atoms with Gasteiger partial charge in [-0.25, -0.2) is 13.8 Å². The highest BCUT2D eigenvalue weighted by Gasteiger charge is 2.17. The number of aromatic nitrogens is 1. The lowest BCUT2D eigenvalue weighted by Gasteiger charge is -2.06. The predicted octanol–water partition coefficient (Wildman–Crippen LogP) is 2.60. The Kier molecular flexibility index (Phi) is 3.86. The number of hydrogen-bond acceptors (Lipinski definition) is 3. The van der Waals surface area contributed by atoms with Gasteiger partial charge in [-0.2, -0.15) is 5.26 Å². The minimum Gasteiger partial charge on any atom is -0.298 e. The van der Waals surface area contributed by atoms with E-state index in [1.165, 1.54) is 6.07 Å². The highest BCUT2D eigenvalue weighted by molar-refractivity contribution is 9.08. The van der Waals surface area contributed by atoms with Gasteiger partial charge in [0.1, 0.15) is 17.5 Å². The van der Waals surface area contributed by atoms with Gasteiger partial charge < -0.3 is 0 Å². The molecule has 1 rings (SSSR count). The van der Waals surface area contributed by atoms with Crippen molar-refractivity contribution in [2.75, 3.05) is 0 Å². The summed E-state index contributed by atoms with van der Waals surface area (Å²) in [5.74, 6) is 0. The molecule has 78 valence electrons. The summed E-state index contributed by atoms with van der Waals surface area (Å²) in [6, 6.07) is 2.95. The fraction of sp³-hybridized carbons (Fsp3) is 0.222. The van der Waals surface area contributed by atoms with Gasteiger partial charge in [-0.15, -0.1) is 0 Å². The number of alkyl halides is 3. The lowest BCUT2D eigenvalue weighted by atomic mass is 10.1. The highest BCUT2D eigenvalue weighted by Crippen LogP contribution is 2.23. The average molecular weight is 275 g/mol. The molecule has 1 aromatic heterocycles. The van der Waals surface area contributed by atoms with Crippen LogP contribution in [-0.2, 0) is 5.33 Å². The quantitative estimate of drug-likeness (QED) is 0.629. The van der Waals surface area contributed by atoms with E-state index < -0.39 is 12.1 Å². The van der Waals surface area contributed by atoms with Gasteiger partial charge in [0.05, 0.1) is 0 Å². The van der Waals surface area contributed by atoms with Crippen LogP contribution in [-0.4, -0.2) is 11.3 Å². The summed E-state index contributed by atoms with van der Waals surface area (Å²) in [5, 5.41) is 8.94. The molecule has 0 aromatic carbocycles. The summed E-state index contributed by atoms with van der Waals surface area (Å²) in [6.07, 6.45) is -2.55. The van der Waals surface area contributed by atoms with Crippen molar-refractivity contribution < 1.29 is 13.6 Å². The number of aldehydes is 1. The number of halogens is 3. The summed E-state index contributed by atoms with van der Waals surface area (Å²) >= 11 is 3.08. The van der Waals surface area contributed by atoms with Crippen LogP contribution < -0.4 is 0 Å². The molecule has 6 heteroatoms. The minimum absolute atomic E-state index is 0.0900. The lowest BCUT2D eigenvalue weighted by Crippen LogP contribution is -2.03. The zero-order valence-electron chi connectivity index (χ0n) is 7.38. The smallest absolute Gasteiger partial charge is 0.281 e. The third-order valence-electron chi connectivity index (χ3n) is 1.75. The topological polar surface area (TPSA) is 53.8 Å². The van der Waals surface area contributed by atoms with E-state index in [1.807, 2.05) is 0 Å². The van der Waals surface area contributed by atoms with Crippen LogP contribution in [0, 0.1) is 11.3 Å². The van der Waals surface area contributed by atoms with Crippen LogP contribution in [0.1, 0.15) is 33.7 Å². The van der Waals surface area contributed by atoms with Crippen molar-refractivity contribution in [2.45, 2.75) is 11.8 Å². The molecular formula is C9H5BrF2N2O. The van der Waals surface area contributed by atoms with Crippen molar-refractivity contribution in [3.05, 3.63) is 28.6 Å². The van der Waals surface area contributed by atoms with Gasteiger partial charge in [-0.05, 0) is 11.6 Å². The van der Waals surface area contributed by atoms with Crippen molar-refractivity contribution in [3.8, 4) is 6.07 Å². The Morgan fingerprint density at radius 2 is 2.33 bits per heavy atom. The molecule has 0 saturated heterocycles. The van der Waals surface area contributed by atoms with Gasteiger partial charge in [0.15, 0.2) is 6.29 Å². The molecule has 0 atom stereocenters. The minimum atomic E-state index is -2.86.